The molecule has 0 fully saturated rings. The van der Waals surface area contributed by atoms with Crippen LogP contribution in [0.4, 0.5) is 17.2 Å². The van der Waals surface area contributed by atoms with Gasteiger partial charge in [-0.3, -0.25) is 4.79 Å². The van der Waals surface area contributed by atoms with E-state index in [1.54, 1.807) is 48.0 Å². The second-order valence-electron chi connectivity index (χ2n) is 7.74. The topological polar surface area (TPSA) is 111 Å². The molecule has 2 heterocycles. The van der Waals surface area contributed by atoms with Gasteiger partial charge in [-0.25, -0.2) is 14.5 Å². The van der Waals surface area contributed by atoms with E-state index in [9.17, 15) is 9.59 Å². The third-order valence-corrected chi connectivity index (χ3v) is 5.62. The number of esters is 1. The van der Waals surface area contributed by atoms with Crippen LogP contribution in [0.5, 0.6) is 0 Å². The van der Waals surface area contributed by atoms with Gasteiger partial charge in [0.2, 0.25) is 0 Å². The van der Waals surface area contributed by atoms with Gasteiger partial charge in [-0.15, -0.1) is 0 Å². The summed E-state index contributed by atoms with van der Waals surface area (Å²) in [5.41, 5.74) is 2.83. The summed E-state index contributed by atoms with van der Waals surface area (Å²) >= 11 is 12.2. The molecule has 0 aliphatic rings. The molecule has 2 aromatic carbocycles. The Kier molecular flexibility index (Phi) is 7.52. The number of para-hydroxylation sites is 1. The molecule has 0 bridgehead atoms. The van der Waals surface area contributed by atoms with Gasteiger partial charge in [0.1, 0.15) is 5.56 Å². The van der Waals surface area contributed by atoms with Crippen molar-refractivity contribution in [2.24, 2.45) is 0 Å². The first-order chi connectivity index (χ1) is 17.3. The zero-order valence-corrected chi connectivity index (χ0v) is 21.2. The van der Waals surface area contributed by atoms with Gasteiger partial charge in [0, 0.05) is 16.9 Å². The van der Waals surface area contributed by atoms with E-state index in [1.165, 1.54) is 12.3 Å². The highest BCUT2D eigenvalue weighted by Crippen LogP contribution is 2.28. The molecule has 4 aromatic rings. The lowest BCUT2D eigenvalue weighted by atomic mass is 10.1. The van der Waals surface area contributed by atoms with Crippen molar-refractivity contribution in [1.82, 2.24) is 19.7 Å². The summed E-state index contributed by atoms with van der Waals surface area (Å²) < 4.78 is 6.74. The number of aryl methyl sites for hydroxylation is 2. The van der Waals surface area contributed by atoms with Crippen LogP contribution in [0, 0.1) is 13.8 Å². The molecule has 2 N–H and O–H groups in total. The minimum absolute atomic E-state index is 0.109. The molecule has 2 aromatic heterocycles. The minimum atomic E-state index is -0.602. The summed E-state index contributed by atoms with van der Waals surface area (Å²) in [7, 11) is 0. The molecule has 184 valence electrons. The number of anilines is 3. The van der Waals surface area contributed by atoms with Crippen molar-refractivity contribution in [3.8, 4) is 5.95 Å². The summed E-state index contributed by atoms with van der Waals surface area (Å²) in [6, 6.07) is 13.5. The van der Waals surface area contributed by atoms with Crippen LogP contribution in [0.2, 0.25) is 10.0 Å². The van der Waals surface area contributed by atoms with E-state index >= 15 is 0 Å². The Morgan fingerprint density at radius 3 is 2.50 bits per heavy atom. The van der Waals surface area contributed by atoms with Crippen molar-refractivity contribution < 1.29 is 14.3 Å². The molecule has 0 saturated heterocycles. The number of carbonyl (C=O) groups is 2. The second-order valence-corrected chi connectivity index (χ2v) is 8.58. The summed E-state index contributed by atoms with van der Waals surface area (Å²) in [5, 5.41) is 11.0. The highest BCUT2D eigenvalue weighted by atomic mass is 35.5. The fourth-order valence-electron chi connectivity index (χ4n) is 3.46. The van der Waals surface area contributed by atoms with Gasteiger partial charge in [0.05, 0.1) is 34.3 Å². The van der Waals surface area contributed by atoms with Crippen LogP contribution in [-0.2, 0) is 4.74 Å². The quantitative estimate of drug-likeness (QED) is 0.295. The molecule has 0 saturated carbocycles. The molecule has 0 spiro atoms. The summed E-state index contributed by atoms with van der Waals surface area (Å²) in [5.74, 6) is -0.607. The molecule has 4 rings (SSSR count). The van der Waals surface area contributed by atoms with Gasteiger partial charge in [-0.05, 0) is 57.2 Å². The van der Waals surface area contributed by atoms with Crippen molar-refractivity contribution in [3.05, 3.63) is 87.3 Å². The van der Waals surface area contributed by atoms with E-state index in [1.807, 2.05) is 19.9 Å². The number of amides is 1. The van der Waals surface area contributed by atoms with Gasteiger partial charge in [-0.1, -0.05) is 35.3 Å². The van der Waals surface area contributed by atoms with Crippen molar-refractivity contribution >= 4 is 52.3 Å². The van der Waals surface area contributed by atoms with Crippen molar-refractivity contribution in [1.29, 1.82) is 0 Å². The Morgan fingerprint density at radius 1 is 1.03 bits per heavy atom. The lowest BCUT2D eigenvalue weighted by Gasteiger charge is -2.15. The Labute approximate surface area is 217 Å². The van der Waals surface area contributed by atoms with Crippen molar-refractivity contribution in [2.45, 2.75) is 20.8 Å². The Morgan fingerprint density at radius 2 is 1.81 bits per heavy atom. The molecule has 0 unspecified atom stereocenters. The van der Waals surface area contributed by atoms with E-state index in [0.29, 0.717) is 27.0 Å². The maximum absolute atomic E-state index is 13.1. The van der Waals surface area contributed by atoms with E-state index < -0.39 is 11.9 Å². The SMILES string of the molecule is CCOC(=O)c1cnc(-n2nc(C)cc2C)nc1Nc1ccccc1C(=O)Nc1ccc(Cl)cc1Cl. The lowest BCUT2D eigenvalue weighted by Crippen LogP contribution is -2.16. The van der Waals surface area contributed by atoms with Crippen LogP contribution < -0.4 is 10.6 Å². The fraction of sp³-hybridized carbons (Fsp3) is 0.160. The van der Waals surface area contributed by atoms with Gasteiger partial charge in [0.15, 0.2) is 5.82 Å². The lowest BCUT2D eigenvalue weighted by molar-refractivity contribution is 0.0526. The largest absolute Gasteiger partial charge is 0.462 e. The molecule has 0 atom stereocenters. The number of rotatable bonds is 7. The second kappa shape index (κ2) is 10.8. The van der Waals surface area contributed by atoms with E-state index in [2.05, 4.69) is 25.7 Å². The zero-order chi connectivity index (χ0) is 25.8. The maximum Gasteiger partial charge on any atom is 0.343 e. The Balaban J connectivity index is 1.72. The van der Waals surface area contributed by atoms with Crippen molar-refractivity contribution in [3.63, 3.8) is 0 Å². The van der Waals surface area contributed by atoms with E-state index in [4.69, 9.17) is 27.9 Å². The average molecular weight is 525 g/mol. The van der Waals surface area contributed by atoms with Gasteiger partial charge in [-0.2, -0.15) is 10.1 Å². The maximum atomic E-state index is 13.1. The van der Waals surface area contributed by atoms with Crippen LogP contribution in [0.25, 0.3) is 5.95 Å². The van der Waals surface area contributed by atoms with Gasteiger partial charge >= 0.3 is 5.97 Å². The predicted molar refractivity (Wildman–Crippen MR) is 139 cm³/mol. The molecule has 0 aliphatic heterocycles. The number of nitrogens with zero attached hydrogens (tertiary/aromatic N) is 4. The molecular weight excluding hydrogens is 503 g/mol. The number of halogens is 2. The standard InChI is InChI=1S/C25H22Cl2N6O3/c1-4-36-24(35)18-13-28-25(33-15(3)11-14(2)32-33)31-22(18)29-20-8-6-5-7-17(20)23(34)30-21-10-9-16(26)12-19(21)27/h5-13H,4H2,1-3H3,(H,30,34)(H,28,29,31). The van der Waals surface area contributed by atoms with Crippen LogP contribution in [0.1, 0.15) is 39.0 Å². The molecular formula is C25H22Cl2N6O3. The predicted octanol–water partition coefficient (Wildman–Crippen LogP) is 5.76. The van der Waals surface area contributed by atoms with Crippen LogP contribution in [0.3, 0.4) is 0 Å². The van der Waals surface area contributed by atoms with Gasteiger partial charge < -0.3 is 15.4 Å². The number of ether oxygens (including phenoxy) is 1. The normalized spacial score (nSPS) is 10.7. The van der Waals surface area contributed by atoms with Crippen molar-refractivity contribution in [2.75, 3.05) is 17.2 Å². The van der Waals surface area contributed by atoms with Crippen LogP contribution >= 0.6 is 23.2 Å². The minimum Gasteiger partial charge on any atom is -0.462 e. The van der Waals surface area contributed by atoms with E-state index in [0.717, 1.165) is 11.4 Å². The molecule has 1 amide bonds. The van der Waals surface area contributed by atoms with Crippen LogP contribution in [0.15, 0.2) is 54.7 Å². The summed E-state index contributed by atoms with van der Waals surface area (Å²) in [6.45, 7) is 5.62. The molecule has 0 radical (unpaired) electrons. The monoisotopic (exact) mass is 524 g/mol. The third kappa shape index (κ3) is 5.48. The highest BCUT2D eigenvalue weighted by molar-refractivity contribution is 6.36. The zero-order valence-electron chi connectivity index (χ0n) is 19.7. The molecule has 0 aliphatic carbocycles. The van der Waals surface area contributed by atoms with Crippen LogP contribution in [-0.4, -0.2) is 38.2 Å². The summed E-state index contributed by atoms with van der Waals surface area (Å²) in [4.78, 5) is 34.6. The smallest absolute Gasteiger partial charge is 0.343 e. The first kappa shape index (κ1) is 25.2. The Bertz CT molecular complexity index is 1450. The van der Waals surface area contributed by atoms with E-state index in [-0.39, 0.29) is 23.9 Å². The molecule has 36 heavy (non-hydrogen) atoms. The number of hydrogen-bond donors (Lipinski definition) is 2. The number of benzene rings is 2. The fourth-order valence-corrected chi connectivity index (χ4v) is 3.91. The summed E-state index contributed by atoms with van der Waals surface area (Å²) in [6.07, 6.45) is 1.37. The number of nitrogens with one attached hydrogen (secondary N) is 2. The average Bonchev–Trinajstić information content (AvgIpc) is 3.19. The molecule has 9 nitrogen and oxygen atoms in total. The highest BCUT2D eigenvalue weighted by Gasteiger charge is 2.20. The number of carbonyl (C=O) groups excluding carboxylic acids is 2. The molecule has 11 heteroatoms. The first-order valence-corrected chi connectivity index (χ1v) is 11.7. The third-order valence-electron chi connectivity index (χ3n) is 5.07. The van der Waals surface area contributed by atoms with Gasteiger partial charge in [0.25, 0.3) is 11.9 Å². The number of aromatic nitrogens is 4. The first-order valence-electron chi connectivity index (χ1n) is 11.0. The number of hydrogen-bond acceptors (Lipinski definition) is 7. The Hall–Kier alpha value is -3.95.